The normalized spacial score (nSPS) is 11.1. The standard InChI is InChI=1S/C32H39N3O3/c1-25(2)26-17-19-28(20-18-26)37-23-11-22-35-30-15-9-8-14-29(30)34-31(35)16-7-4-10-21-33-32(36)24-38-27-12-5-3-6-13-27/h3,5-6,8-9,12-15,17-20,25H,4,7,10-11,16,21-24H2,1-2H3,(H,33,36). The number of nitrogens with one attached hydrogen (secondary N) is 1. The summed E-state index contributed by atoms with van der Waals surface area (Å²) in [6.45, 7) is 6.64. The van der Waals surface area contributed by atoms with Crippen LogP contribution < -0.4 is 14.8 Å². The molecule has 1 amide bonds. The van der Waals surface area contributed by atoms with Crippen LogP contribution in [0.25, 0.3) is 11.0 Å². The molecule has 0 radical (unpaired) electrons. The summed E-state index contributed by atoms with van der Waals surface area (Å²) in [5.74, 6) is 3.18. The molecule has 1 heterocycles. The molecule has 4 rings (SSSR count). The summed E-state index contributed by atoms with van der Waals surface area (Å²) in [7, 11) is 0. The molecule has 0 aliphatic carbocycles. The van der Waals surface area contributed by atoms with Gasteiger partial charge in [0.25, 0.3) is 5.91 Å². The predicted octanol–water partition coefficient (Wildman–Crippen LogP) is 6.54. The van der Waals surface area contributed by atoms with Crippen molar-refractivity contribution in [3.05, 3.63) is 90.3 Å². The molecule has 1 aromatic heterocycles. The number of amides is 1. The van der Waals surface area contributed by atoms with E-state index in [-0.39, 0.29) is 12.5 Å². The lowest BCUT2D eigenvalue weighted by molar-refractivity contribution is -0.123. The third kappa shape index (κ3) is 8.10. The maximum Gasteiger partial charge on any atom is 0.257 e. The number of imidazole rings is 1. The lowest BCUT2D eigenvalue weighted by Crippen LogP contribution is -2.29. The number of ether oxygens (including phenoxy) is 2. The highest BCUT2D eigenvalue weighted by Crippen LogP contribution is 2.20. The van der Waals surface area contributed by atoms with Gasteiger partial charge in [0, 0.05) is 19.5 Å². The lowest BCUT2D eigenvalue weighted by Gasteiger charge is -2.11. The summed E-state index contributed by atoms with van der Waals surface area (Å²) in [5, 5.41) is 2.94. The van der Waals surface area contributed by atoms with Crippen LogP contribution in [-0.4, -0.2) is 35.2 Å². The molecular formula is C32H39N3O3. The number of aromatic nitrogens is 2. The van der Waals surface area contributed by atoms with Gasteiger partial charge in [-0.05, 0) is 67.1 Å². The second kappa shape index (κ2) is 14.2. The highest BCUT2D eigenvalue weighted by atomic mass is 16.5. The minimum atomic E-state index is -0.0891. The van der Waals surface area contributed by atoms with E-state index in [0.29, 0.717) is 24.8 Å². The number of para-hydroxylation sites is 3. The van der Waals surface area contributed by atoms with Gasteiger partial charge in [-0.1, -0.05) is 62.7 Å². The maximum absolute atomic E-state index is 12.0. The topological polar surface area (TPSA) is 65.4 Å². The van der Waals surface area contributed by atoms with Gasteiger partial charge in [0.15, 0.2) is 6.61 Å². The second-order valence-corrected chi connectivity index (χ2v) is 9.86. The smallest absolute Gasteiger partial charge is 0.257 e. The summed E-state index contributed by atoms with van der Waals surface area (Å²) < 4.78 is 13.8. The molecule has 6 nitrogen and oxygen atoms in total. The number of unbranched alkanes of at least 4 members (excludes halogenated alkanes) is 2. The fourth-order valence-electron chi connectivity index (χ4n) is 4.46. The molecular weight excluding hydrogens is 474 g/mol. The Hall–Kier alpha value is -3.80. The van der Waals surface area contributed by atoms with Gasteiger partial charge < -0.3 is 19.4 Å². The molecule has 1 N–H and O–H groups in total. The SMILES string of the molecule is CC(C)c1ccc(OCCCn2c(CCCCCNC(=O)COc3ccccc3)nc3ccccc32)cc1. The fraction of sp³-hybridized carbons (Fsp3) is 0.375. The Morgan fingerprint density at radius 2 is 1.58 bits per heavy atom. The van der Waals surface area contributed by atoms with E-state index in [4.69, 9.17) is 14.5 Å². The van der Waals surface area contributed by atoms with E-state index in [2.05, 4.69) is 66.2 Å². The molecule has 0 unspecified atom stereocenters. The summed E-state index contributed by atoms with van der Waals surface area (Å²) in [6.07, 6.45) is 4.81. The first-order valence-electron chi connectivity index (χ1n) is 13.7. The fourth-order valence-corrected chi connectivity index (χ4v) is 4.46. The average Bonchev–Trinajstić information content (AvgIpc) is 3.30. The van der Waals surface area contributed by atoms with Gasteiger partial charge in [0.2, 0.25) is 0 Å². The Morgan fingerprint density at radius 3 is 2.37 bits per heavy atom. The van der Waals surface area contributed by atoms with Crippen LogP contribution in [0.3, 0.4) is 0 Å². The molecule has 0 atom stereocenters. The van der Waals surface area contributed by atoms with Crippen LogP contribution in [0.5, 0.6) is 11.5 Å². The van der Waals surface area contributed by atoms with Crippen LogP contribution in [0.4, 0.5) is 0 Å². The Balaban J connectivity index is 1.19. The van der Waals surface area contributed by atoms with Crippen molar-refractivity contribution >= 4 is 16.9 Å². The molecule has 0 aliphatic heterocycles. The zero-order valence-corrected chi connectivity index (χ0v) is 22.6. The third-order valence-corrected chi connectivity index (χ3v) is 6.59. The molecule has 200 valence electrons. The molecule has 0 fully saturated rings. The van der Waals surface area contributed by atoms with E-state index in [1.807, 2.05) is 36.4 Å². The Morgan fingerprint density at radius 1 is 0.842 bits per heavy atom. The van der Waals surface area contributed by atoms with Crippen molar-refractivity contribution in [2.75, 3.05) is 19.8 Å². The van der Waals surface area contributed by atoms with Crippen molar-refractivity contribution < 1.29 is 14.3 Å². The summed E-state index contributed by atoms with van der Waals surface area (Å²) in [4.78, 5) is 16.9. The zero-order chi connectivity index (χ0) is 26.6. The number of aryl methyl sites for hydroxylation is 2. The number of hydrogen-bond acceptors (Lipinski definition) is 4. The van der Waals surface area contributed by atoms with Crippen molar-refractivity contribution in [2.24, 2.45) is 0 Å². The van der Waals surface area contributed by atoms with E-state index in [1.165, 1.54) is 11.1 Å². The highest BCUT2D eigenvalue weighted by Gasteiger charge is 2.10. The van der Waals surface area contributed by atoms with E-state index >= 15 is 0 Å². The van der Waals surface area contributed by atoms with Gasteiger partial charge in [-0.2, -0.15) is 0 Å². The van der Waals surface area contributed by atoms with Gasteiger partial charge in [0.1, 0.15) is 17.3 Å². The first-order valence-corrected chi connectivity index (χ1v) is 13.7. The summed E-state index contributed by atoms with van der Waals surface area (Å²) in [5.41, 5.74) is 3.54. The van der Waals surface area contributed by atoms with Crippen LogP contribution in [0, 0.1) is 0 Å². The van der Waals surface area contributed by atoms with Crippen molar-refractivity contribution in [1.82, 2.24) is 14.9 Å². The van der Waals surface area contributed by atoms with Gasteiger partial charge in [-0.25, -0.2) is 4.98 Å². The molecule has 0 saturated heterocycles. The predicted molar refractivity (Wildman–Crippen MR) is 153 cm³/mol. The van der Waals surface area contributed by atoms with Crippen LogP contribution in [-0.2, 0) is 17.8 Å². The quantitative estimate of drug-likeness (QED) is 0.183. The average molecular weight is 514 g/mol. The third-order valence-electron chi connectivity index (χ3n) is 6.59. The molecule has 0 bridgehead atoms. The number of carbonyl (C=O) groups is 1. The largest absolute Gasteiger partial charge is 0.494 e. The van der Waals surface area contributed by atoms with E-state index in [9.17, 15) is 4.79 Å². The minimum absolute atomic E-state index is 0.0427. The van der Waals surface area contributed by atoms with Crippen LogP contribution in [0.2, 0.25) is 0 Å². The summed E-state index contributed by atoms with van der Waals surface area (Å²) in [6, 6.07) is 26.1. The zero-order valence-electron chi connectivity index (χ0n) is 22.6. The van der Waals surface area contributed by atoms with Gasteiger partial charge in [-0.3, -0.25) is 4.79 Å². The van der Waals surface area contributed by atoms with Crippen molar-refractivity contribution in [3.63, 3.8) is 0 Å². The first-order chi connectivity index (χ1) is 18.6. The van der Waals surface area contributed by atoms with Crippen molar-refractivity contribution in [1.29, 1.82) is 0 Å². The molecule has 4 aromatic rings. The van der Waals surface area contributed by atoms with Gasteiger partial charge in [0.05, 0.1) is 17.6 Å². The molecule has 38 heavy (non-hydrogen) atoms. The van der Waals surface area contributed by atoms with Gasteiger partial charge >= 0.3 is 0 Å². The Labute approximate surface area is 226 Å². The number of fused-ring (bicyclic) bond motifs is 1. The number of benzene rings is 3. The molecule has 3 aromatic carbocycles. The Bertz CT molecular complexity index is 1270. The second-order valence-electron chi connectivity index (χ2n) is 9.86. The molecule has 6 heteroatoms. The van der Waals surface area contributed by atoms with Crippen molar-refractivity contribution in [2.45, 2.75) is 58.4 Å². The molecule has 0 saturated carbocycles. The summed E-state index contributed by atoms with van der Waals surface area (Å²) >= 11 is 0. The Kier molecular flexibility index (Phi) is 10.2. The van der Waals surface area contributed by atoms with Crippen LogP contribution in [0.15, 0.2) is 78.9 Å². The maximum atomic E-state index is 12.0. The van der Waals surface area contributed by atoms with Gasteiger partial charge in [-0.15, -0.1) is 0 Å². The van der Waals surface area contributed by atoms with E-state index < -0.39 is 0 Å². The number of rotatable bonds is 15. The first kappa shape index (κ1) is 27.2. The highest BCUT2D eigenvalue weighted by molar-refractivity contribution is 5.77. The number of hydrogen-bond donors (Lipinski definition) is 1. The lowest BCUT2D eigenvalue weighted by atomic mass is 10.0. The van der Waals surface area contributed by atoms with Crippen LogP contribution in [0.1, 0.15) is 56.8 Å². The van der Waals surface area contributed by atoms with E-state index in [1.54, 1.807) is 0 Å². The molecule has 0 aliphatic rings. The molecule has 0 spiro atoms. The number of nitrogens with zero attached hydrogens (tertiary/aromatic N) is 2. The van der Waals surface area contributed by atoms with Crippen molar-refractivity contribution in [3.8, 4) is 11.5 Å². The van der Waals surface area contributed by atoms with Crippen LogP contribution >= 0.6 is 0 Å². The minimum Gasteiger partial charge on any atom is -0.494 e. The number of carbonyl (C=O) groups excluding carboxylic acids is 1. The van der Waals surface area contributed by atoms with E-state index in [0.717, 1.165) is 55.7 Å². The monoisotopic (exact) mass is 513 g/mol.